The lowest BCUT2D eigenvalue weighted by Crippen LogP contribution is -2.43. The molecule has 0 bridgehead atoms. The standard InChI is InChI=1S/C28H30N2O3/c1-20(22-8-4-3-5-9-22)26(31)30-17-16-28(19-30,27(29)32)18-21-12-14-23(15-13-21)24-10-6-7-11-25(24)33-2/h3-15,20H,16-19H2,1-2H3,(H2,29,32). The van der Waals surface area contributed by atoms with Crippen LogP contribution in [0.5, 0.6) is 5.75 Å². The molecule has 2 atom stereocenters. The van der Waals surface area contributed by atoms with Crippen molar-refractivity contribution in [1.82, 2.24) is 4.90 Å². The molecule has 5 nitrogen and oxygen atoms in total. The molecule has 0 saturated carbocycles. The van der Waals surface area contributed by atoms with E-state index >= 15 is 0 Å². The molecule has 3 aromatic carbocycles. The molecule has 2 unspecified atom stereocenters. The van der Waals surface area contributed by atoms with E-state index in [0.717, 1.165) is 28.0 Å². The predicted molar refractivity (Wildman–Crippen MR) is 130 cm³/mol. The molecule has 2 N–H and O–H groups in total. The third-order valence-corrected chi connectivity index (χ3v) is 6.77. The summed E-state index contributed by atoms with van der Waals surface area (Å²) in [6.45, 7) is 2.81. The van der Waals surface area contributed by atoms with E-state index in [1.54, 1.807) is 12.0 Å². The summed E-state index contributed by atoms with van der Waals surface area (Å²) in [4.78, 5) is 27.5. The maximum Gasteiger partial charge on any atom is 0.229 e. The number of nitrogens with zero attached hydrogens (tertiary/aromatic N) is 1. The molecular weight excluding hydrogens is 412 g/mol. The second-order valence-electron chi connectivity index (χ2n) is 8.86. The van der Waals surface area contributed by atoms with E-state index in [2.05, 4.69) is 0 Å². The highest BCUT2D eigenvalue weighted by Gasteiger charge is 2.45. The molecule has 1 saturated heterocycles. The summed E-state index contributed by atoms with van der Waals surface area (Å²) >= 11 is 0. The van der Waals surface area contributed by atoms with Gasteiger partial charge in [0.25, 0.3) is 0 Å². The summed E-state index contributed by atoms with van der Waals surface area (Å²) in [5.41, 5.74) is 9.21. The van der Waals surface area contributed by atoms with Gasteiger partial charge in [0.1, 0.15) is 5.75 Å². The number of primary amides is 1. The van der Waals surface area contributed by atoms with Gasteiger partial charge in [-0.25, -0.2) is 0 Å². The zero-order valence-electron chi connectivity index (χ0n) is 19.2. The molecule has 5 heteroatoms. The minimum absolute atomic E-state index is 0.0378. The SMILES string of the molecule is COc1ccccc1-c1ccc(CC2(C(N)=O)CCN(C(=O)C(C)c3ccccc3)C2)cc1. The Morgan fingerprint density at radius 1 is 1.00 bits per heavy atom. The molecule has 0 radical (unpaired) electrons. The molecule has 4 rings (SSSR count). The van der Waals surface area contributed by atoms with Gasteiger partial charge in [-0.3, -0.25) is 9.59 Å². The molecule has 3 aromatic rings. The molecule has 170 valence electrons. The van der Waals surface area contributed by atoms with Crippen LogP contribution in [0.1, 0.15) is 30.4 Å². The topological polar surface area (TPSA) is 72.6 Å². The van der Waals surface area contributed by atoms with Crippen LogP contribution in [-0.4, -0.2) is 36.9 Å². The number of ether oxygens (including phenoxy) is 1. The molecule has 1 fully saturated rings. The summed E-state index contributed by atoms with van der Waals surface area (Å²) in [6, 6.07) is 25.8. The maximum atomic E-state index is 13.1. The van der Waals surface area contributed by atoms with Gasteiger partial charge in [-0.15, -0.1) is 0 Å². The number of hydrogen-bond acceptors (Lipinski definition) is 3. The van der Waals surface area contributed by atoms with Crippen molar-refractivity contribution in [3.8, 4) is 16.9 Å². The van der Waals surface area contributed by atoms with Crippen LogP contribution in [0.25, 0.3) is 11.1 Å². The summed E-state index contributed by atoms with van der Waals surface area (Å²) in [7, 11) is 1.66. The highest BCUT2D eigenvalue weighted by molar-refractivity contribution is 5.87. The Morgan fingerprint density at radius 2 is 1.67 bits per heavy atom. The molecule has 0 aliphatic carbocycles. The normalized spacial score (nSPS) is 18.7. The molecule has 1 aliphatic rings. The van der Waals surface area contributed by atoms with E-state index in [9.17, 15) is 9.59 Å². The predicted octanol–water partition coefficient (Wildman–Crippen LogP) is 4.41. The molecule has 0 aromatic heterocycles. The fraction of sp³-hybridized carbons (Fsp3) is 0.286. The monoisotopic (exact) mass is 442 g/mol. The van der Waals surface area contributed by atoms with Crippen LogP contribution >= 0.6 is 0 Å². The van der Waals surface area contributed by atoms with Crippen molar-refractivity contribution < 1.29 is 14.3 Å². The van der Waals surface area contributed by atoms with Crippen LogP contribution in [0, 0.1) is 5.41 Å². The van der Waals surface area contributed by atoms with E-state index in [1.807, 2.05) is 85.8 Å². The number of carbonyl (C=O) groups excluding carboxylic acids is 2. The number of benzene rings is 3. The highest BCUT2D eigenvalue weighted by atomic mass is 16.5. The number of nitrogens with two attached hydrogens (primary N) is 1. The van der Waals surface area contributed by atoms with E-state index in [1.165, 1.54) is 0 Å². The van der Waals surface area contributed by atoms with Crippen LogP contribution in [0.15, 0.2) is 78.9 Å². The Balaban J connectivity index is 1.50. The van der Waals surface area contributed by atoms with Crippen LogP contribution in [0.4, 0.5) is 0 Å². The van der Waals surface area contributed by atoms with Gasteiger partial charge in [-0.2, -0.15) is 0 Å². The quantitative estimate of drug-likeness (QED) is 0.589. The first kappa shape index (κ1) is 22.6. The number of hydrogen-bond donors (Lipinski definition) is 1. The van der Waals surface area contributed by atoms with Gasteiger partial charge in [0.15, 0.2) is 0 Å². The van der Waals surface area contributed by atoms with Gasteiger partial charge in [0, 0.05) is 18.7 Å². The number of methoxy groups -OCH3 is 1. The third kappa shape index (κ3) is 4.63. The minimum Gasteiger partial charge on any atom is -0.496 e. The lowest BCUT2D eigenvalue weighted by Gasteiger charge is -2.27. The minimum atomic E-state index is -0.752. The molecule has 1 heterocycles. The van der Waals surface area contributed by atoms with Crippen LogP contribution < -0.4 is 10.5 Å². The Labute approximate surface area is 195 Å². The van der Waals surface area contributed by atoms with Gasteiger partial charge >= 0.3 is 0 Å². The smallest absolute Gasteiger partial charge is 0.229 e. The van der Waals surface area contributed by atoms with Gasteiger partial charge in [0.2, 0.25) is 11.8 Å². The van der Waals surface area contributed by atoms with Gasteiger partial charge < -0.3 is 15.4 Å². The van der Waals surface area contributed by atoms with Crippen molar-refractivity contribution in [1.29, 1.82) is 0 Å². The Morgan fingerprint density at radius 3 is 2.33 bits per heavy atom. The zero-order chi connectivity index (χ0) is 23.4. The van der Waals surface area contributed by atoms with E-state index in [0.29, 0.717) is 25.9 Å². The fourth-order valence-corrected chi connectivity index (χ4v) is 4.73. The summed E-state index contributed by atoms with van der Waals surface area (Å²) in [5.74, 6) is 0.251. The zero-order valence-corrected chi connectivity index (χ0v) is 19.2. The fourth-order valence-electron chi connectivity index (χ4n) is 4.73. The van der Waals surface area contributed by atoms with Crippen LogP contribution in [0.2, 0.25) is 0 Å². The first-order chi connectivity index (χ1) is 15.9. The number of likely N-dealkylation sites (tertiary alicyclic amines) is 1. The van der Waals surface area contributed by atoms with E-state index in [-0.39, 0.29) is 17.7 Å². The van der Waals surface area contributed by atoms with Crippen LogP contribution in [0.3, 0.4) is 0 Å². The Hall–Kier alpha value is -3.60. The Kier molecular flexibility index (Phi) is 6.50. The Bertz CT molecular complexity index is 1130. The van der Waals surface area contributed by atoms with Crippen molar-refractivity contribution in [3.05, 3.63) is 90.0 Å². The van der Waals surface area contributed by atoms with Gasteiger partial charge in [-0.05, 0) is 42.5 Å². The number of carbonyl (C=O) groups is 2. The van der Waals surface area contributed by atoms with Crippen molar-refractivity contribution in [2.45, 2.75) is 25.7 Å². The number of para-hydroxylation sites is 1. The second-order valence-corrected chi connectivity index (χ2v) is 8.86. The summed E-state index contributed by atoms with van der Waals surface area (Å²) in [6.07, 6.45) is 1.09. The molecule has 0 spiro atoms. The van der Waals surface area contributed by atoms with E-state index in [4.69, 9.17) is 10.5 Å². The van der Waals surface area contributed by atoms with Crippen molar-refractivity contribution >= 4 is 11.8 Å². The average Bonchev–Trinajstić information content (AvgIpc) is 3.29. The van der Waals surface area contributed by atoms with Gasteiger partial charge in [-0.1, -0.05) is 72.8 Å². The van der Waals surface area contributed by atoms with Crippen molar-refractivity contribution in [3.63, 3.8) is 0 Å². The molecule has 33 heavy (non-hydrogen) atoms. The summed E-state index contributed by atoms with van der Waals surface area (Å²) < 4.78 is 5.47. The average molecular weight is 443 g/mol. The molecule has 1 aliphatic heterocycles. The second kappa shape index (κ2) is 9.49. The molecular formula is C28H30N2O3. The third-order valence-electron chi connectivity index (χ3n) is 6.77. The van der Waals surface area contributed by atoms with Gasteiger partial charge in [0.05, 0.1) is 18.4 Å². The van der Waals surface area contributed by atoms with Crippen molar-refractivity contribution in [2.75, 3.05) is 20.2 Å². The highest BCUT2D eigenvalue weighted by Crippen LogP contribution is 2.37. The summed E-state index contributed by atoms with van der Waals surface area (Å²) in [5, 5.41) is 0. The first-order valence-electron chi connectivity index (χ1n) is 11.3. The maximum absolute atomic E-state index is 13.1. The van der Waals surface area contributed by atoms with Crippen LogP contribution in [-0.2, 0) is 16.0 Å². The lowest BCUT2D eigenvalue weighted by atomic mass is 9.80. The molecule has 2 amide bonds. The van der Waals surface area contributed by atoms with E-state index < -0.39 is 5.41 Å². The largest absolute Gasteiger partial charge is 0.496 e. The number of rotatable bonds is 7. The number of amides is 2. The first-order valence-corrected chi connectivity index (χ1v) is 11.3. The van der Waals surface area contributed by atoms with Crippen molar-refractivity contribution in [2.24, 2.45) is 11.1 Å². The lowest BCUT2D eigenvalue weighted by molar-refractivity contribution is -0.133.